The van der Waals surface area contributed by atoms with Gasteiger partial charge in [-0.15, -0.1) is 0 Å². The number of carbonyl (C=O) groups excluding carboxylic acids is 1. The number of anilines is 1. The lowest BCUT2D eigenvalue weighted by Gasteiger charge is -2.29. The number of likely N-dealkylation sites (N-methyl/N-ethyl adjacent to an activating group) is 1. The van der Waals surface area contributed by atoms with E-state index in [0.29, 0.717) is 24.5 Å². The van der Waals surface area contributed by atoms with Gasteiger partial charge in [0.1, 0.15) is 11.5 Å². The van der Waals surface area contributed by atoms with Crippen LogP contribution < -0.4 is 10.5 Å². The molecule has 0 aliphatic carbocycles. The van der Waals surface area contributed by atoms with Crippen molar-refractivity contribution in [3.63, 3.8) is 0 Å². The molecule has 43 heavy (non-hydrogen) atoms. The first-order valence-electron chi connectivity index (χ1n) is 13.4. The SMILES string of the molecule is CC[C@H](CCC(=O)N(C)[C@@H](COC(C)(C)C)C(=O)O)n1c(N)nc2ccc(Oc3ccccc3)cc21.O=C(O)C(F)(F)F. The molecule has 4 N–H and O–H groups in total. The lowest BCUT2D eigenvalue weighted by atomic mass is 10.1. The summed E-state index contributed by atoms with van der Waals surface area (Å²) in [5.41, 5.74) is 7.33. The molecule has 1 aromatic heterocycles. The van der Waals surface area contributed by atoms with Crippen molar-refractivity contribution in [2.75, 3.05) is 19.4 Å². The zero-order valence-electron chi connectivity index (χ0n) is 24.6. The number of imidazole rings is 1. The van der Waals surface area contributed by atoms with Crippen LogP contribution in [0.15, 0.2) is 48.5 Å². The average molecular weight is 611 g/mol. The van der Waals surface area contributed by atoms with Crippen LogP contribution in [0.2, 0.25) is 0 Å². The van der Waals surface area contributed by atoms with Crippen molar-refractivity contribution in [2.45, 2.75) is 70.8 Å². The number of hydrogen-bond acceptors (Lipinski definition) is 7. The highest BCUT2D eigenvalue weighted by atomic mass is 19.4. The number of amides is 1. The van der Waals surface area contributed by atoms with E-state index in [0.717, 1.165) is 16.8 Å². The summed E-state index contributed by atoms with van der Waals surface area (Å²) in [6, 6.07) is 13.9. The van der Waals surface area contributed by atoms with E-state index in [4.69, 9.17) is 25.1 Å². The lowest BCUT2D eigenvalue weighted by Crippen LogP contribution is -2.46. The fourth-order valence-electron chi connectivity index (χ4n) is 4.00. The van der Waals surface area contributed by atoms with E-state index in [1.165, 1.54) is 11.9 Å². The first-order chi connectivity index (χ1) is 19.9. The molecule has 0 fully saturated rings. The van der Waals surface area contributed by atoms with Crippen molar-refractivity contribution in [1.82, 2.24) is 14.5 Å². The summed E-state index contributed by atoms with van der Waals surface area (Å²) < 4.78 is 45.3. The van der Waals surface area contributed by atoms with E-state index < -0.39 is 29.8 Å². The van der Waals surface area contributed by atoms with E-state index in [1.54, 1.807) is 0 Å². The number of rotatable bonds is 11. The van der Waals surface area contributed by atoms with E-state index in [1.807, 2.05) is 80.8 Å². The first kappa shape index (κ1) is 34.9. The molecule has 0 bridgehead atoms. The summed E-state index contributed by atoms with van der Waals surface area (Å²) in [6.07, 6.45) is -3.73. The van der Waals surface area contributed by atoms with Crippen LogP contribution in [0.1, 0.15) is 53.0 Å². The second kappa shape index (κ2) is 14.7. The summed E-state index contributed by atoms with van der Waals surface area (Å²) in [6.45, 7) is 7.47. The number of aromatic nitrogens is 2. The molecule has 0 unspecified atom stereocenters. The molecule has 1 amide bonds. The minimum absolute atomic E-state index is 0.0818. The Kier molecular flexibility index (Phi) is 11.9. The van der Waals surface area contributed by atoms with Gasteiger partial charge < -0.3 is 34.9 Å². The molecule has 0 saturated heterocycles. The highest BCUT2D eigenvalue weighted by Gasteiger charge is 2.38. The number of carboxylic acid groups (broad SMARTS) is 2. The molecular weight excluding hydrogens is 573 g/mol. The van der Waals surface area contributed by atoms with Crippen molar-refractivity contribution in [3.05, 3.63) is 48.5 Å². The summed E-state index contributed by atoms with van der Waals surface area (Å²) in [7, 11) is 1.50. The molecule has 0 saturated carbocycles. The first-order valence-corrected chi connectivity index (χ1v) is 13.4. The Morgan fingerprint density at radius 2 is 1.65 bits per heavy atom. The Hall–Kier alpha value is -4.33. The van der Waals surface area contributed by atoms with Gasteiger partial charge in [0.05, 0.1) is 23.2 Å². The molecule has 14 heteroatoms. The molecule has 3 aromatic rings. The Balaban J connectivity index is 0.000000821. The molecule has 0 aliphatic heterocycles. The largest absolute Gasteiger partial charge is 0.490 e. The zero-order chi connectivity index (χ0) is 32.5. The third kappa shape index (κ3) is 10.5. The number of para-hydroxylation sites is 1. The van der Waals surface area contributed by atoms with Gasteiger partial charge in [-0.2, -0.15) is 13.2 Å². The molecule has 236 valence electrons. The number of alkyl halides is 3. The van der Waals surface area contributed by atoms with E-state index in [-0.39, 0.29) is 25.0 Å². The van der Waals surface area contributed by atoms with Crippen LogP contribution in [0, 0.1) is 0 Å². The molecule has 0 aliphatic rings. The van der Waals surface area contributed by atoms with Crippen LogP contribution in [0.25, 0.3) is 11.0 Å². The van der Waals surface area contributed by atoms with Gasteiger partial charge in [-0.25, -0.2) is 14.6 Å². The standard InChI is InChI=1S/C27H36N4O5.C2HF3O2/c1-6-18(12-15-24(32)30(5)23(25(33)34)17-35-27(2,3)4)31-22-16-20(13-14-21(22)29-26(31)28)36-19-10-8-7-9-11-19;3-2(4,5)1(6)7/h7-11,13-14,16,18,23H,6,12,15,17H2,1-5H3,(H2,28,29)(H,33,34);(H,6,7)/t18-,23+;/m1./s1. The fourth-order valence-corrected chi connectivity index (χ4v) is 4.00. The molecule has 0 spiro atoms. The van der Waals surface area contributed by atoms with Gasteiger partial charge in [-0.05, 0) is 57.9 Å². The van der Waals surface area contributed by atoms with Gasteiger partial charge in [0, 0.05) is 25.6 Å². The molecular formula is C29H37F3N4O7. The number of hydrogen-bond donors (Lipinski definition) is 3. The second-order valence-corrected chi connectivity index (χ2v) is 10.6. The van der Waals surface area contributed by atoms with E-state index >= 15 is 0 Å². The number of nitrogens with zero attached hydrogens (tertiary/aromatic N) is 3. The predicted octanol–water partition coefficient (Wildman–Crippen LogP) is 5.50. The van der Waals surface area contributed by atoms with Gasteiger partial charge >= 0.3 is 18.1 Å². The molecule has 11 nitrogen and oxygen atoms in total. The lowest BCUT2D eigenvalue weighted by molar-refractivity contribution is -0.192. The third-order valence-electron chi connectivity index (χ3n) is 6.26. The second-order valence-electron chi connectivity index (χ2n) is 10.6. The Morgan fingerprint density at radius 1 is 1.05 bits per heavy atom. The van der Waals surface area contributed by atoms with Crippen molar-refractivity contribution >= 4 is 34.8 Å². The number of carboxylic acids is 2. The fraction of sp³-hybridized carbons (Fsp3) is 0.448. The molecule has 3 rings (SSSR count). The van der Waals surface area contributed by atoms with Crippen molar-refractivity contribution in [2.24, 2.45) is 0 Å². The van der Waals surface area contributed by atoms with Crippen LogP contribution in [0.3, 0.4) is 0 Å². The smallest absolute Gasteiger partial charge is 0.480 e. The Morgan fingerprint density at radius 3 is 2.16 bits per heavy atom. The minimum atomic E-state index is -5.08. The van der Waals surface area contributed by atoms with Crippen molar-refractivity contribution in [1.29, 1.82) is 0 Å². The number of fused-ring (bicyclic) bond motifs is 1. The third-order valence-corrected chi connectivity index (χ3v) is 6.26. The number of halogens is 3. The van der Waals surface area contributed by atoms with Gasteiger partial charge in [0.15, 0.2) is 6.04 Å². The number of nitrogens with two attached hydrogens (primary N) is 1. The normalized spacial score (nSPS) is 13.0. The van der Waals surface area contributed by atoms with Crippen molar-refractivity contribution < 1.29 is 47.2 Å². The number of carbonyl (C=O) groups is 3. The van der Waals surface area contributed by atoms with Crippen LogP contribution >= 0.6 is 0 Å². The maximum atomic E-state index is 12.9. The van der Waals surface area contributed by atoms with Crippen molar-refractivity contribution in [3.8, 4) is 11.5 Å². The molecule has 0 radical (unpaired) electrons. The number of aliphatic carboxylic acids is 2. The maximum Gasteiger partial charge on any atom is 0.490 e. The highest BCUT2D eigenvalue weighted by Crippen LogP contribution is 2.32. The summed E-state index contributed by atoms with van der Waals surface area (Å²) in [5, 5.41) is 16.8. The number of benzene rings is 2. The summed E-state index contributed by atoms with van der Waals surface area (Å²) in [4.78, 5) is 39.4. The van der Waals surface area contributed by atoms with Crippen LogP contribution in [-0.2, 0) is 19.1 Å². The molecule has 1 heterocycles. The zero-order valence-corrected chi connectivity index (χ0v) is 24.6. The Labute approximate surface area is 247 Å². The van der Waals surface area contributed by atoms with E-state index in [2.05, 4.69) is 4.98 Å². The molecule has 2 aromatic carbocycles. The van der Waals surface area contributed by atoms with Crippen LogP contribution in [0.4, 0.5) is 19.1 Å². The quantitative estimate of drug-likeness (QED) is 0.255. The maximum absolute atomic E-state index is 12.9. The topological polar surface area (TPSA) is 157 Å². The predicted molar refractivity (Wildman–Crippen MR) is 153 cm³/mol. The van der Waals surface area contributed by atoms with Gasteiger partial charge in [0.25, 0.3) is 0 Å². The highest BCUT2D eigenvalue weighted by molar-refractivity contribution is 5.84. The van der Waals surface area contributed by atoms with Gasteiger partial charge in [-0.1, -0.05) is 25.1 Å². The number of ether oxygens (including phenoxy) is 2. The van der Waals surface area contributed by atoms with Gasteiger partial charge in [-0.3, -0.25) is 4.79 Å². The average Bonchev–Trinajstić information content (AvgIpc) is 3.23. The number of nitrogen functional groups attached to an aromatic ring is 1. The summed E-state index contributed by atoms with van der Waals surface area (Å²) in [5.74, 6) is -2.39. The summed E-state index contributed by atoms with van der Waals surface area (Å²) >= 11 is 0. The van der Waals surface area contributed by atoms with Gasteiger partial charge in [0.2, 0.25) is 11.9 Å². The molecule has 2 atom stereocenters. The minimum Gasteiger partial charge on any atom is -0.480 e. The Bertz CT molecular complexity index is 1390. The van der Waals surface area contributed by atoms with Crippen LogP contribution in [0.5, 0.6) is 11.5 Å². The van der Waals surface area contributed by atoms with Crippen LogP contribution in [-0.4, -0.2) is 74.0 Å². The van der Waals surface area contributed by atoms with E-state index in [9.17, 15) is 27.9 Å². The monoisotopic (exact) mass is 610 g/mol.